The minimum atomic E-state index is -0.691. The van der Waals surface area contributed by atoms with E-state index >= 15 is 4.39 Å². The van der Waals surface area contributed by atoms with Crippen molar-refractivity contribution in [2.45, 2.75) is 31.3 Å². The number of hydrogen-bond donors (Lipinski definition) is 3. The van der Waals surface area contributed by atoms with Crippen molar-refractivity contribution in [3.63, 3.8) is 0 Å². The Kier molecular flexibility index (Phi) is 5.18. The third-order valence-corrected chi connectivity index (χ3v) is 6.94. The van der Waals surface area contributed by atoms with Gasteiger partial charge in [-0.1, -0.05) is 11.6 Å². The Balaban J connectivity index is 1.29. The van der Waals surface area contributed by atoms with Crippen LogP contribution in [0.4, 0.5) is 10.1 Å². The van der Waals surface area contributed by atoms with Gasteiger partial charge in [-0.25, -0.2) is 4.39 Å². The van der Waals surface area contributed by atoms with E-state index in [-0.39, 0.29) is 28.1 Å². The fraction of sp³-hybridized carbons (Fsp3) is 0.217. The zero-order chi connectivity index (χ0) is 25.0. The predicted molar refractivity (Wildman–Crippen MR) is 128 cm³/mol. The lowest BCUT2D eigenvalue weighted by Crippen LogP contribution is -2.48. The van der Waals surface area contributed by atoms with Crippen molar-refractivity contribution in [3.8, 4) is 5.69 Å². The topological polar surface area (TPSA) is 142 Å². The molecule has 0 radical (unpaired) electrons. The van der Waals surface area contributed by atoms with Crippen LogP contribution in [0.3, 0.4) is 0 Å². The number of H-pyrrole nitrogens is 2. The Morgan fingerprint density at radius 3 is 2.83 bits per heavy atom. The number of nitrogens with one attached hydrogen (secondary N) is 3. The molecule has 2 amide bonds. The van der Waals surface area contributed by atoms with Crippen LogP contribution >= 0.6 is 11.6 Å². The minimum Gasteiger partial charge on any atom is -0.324 e. The molecule has 3 N–H and O–H groups in total. The fourth-order valence-corrected chi connectivity index (χ4v) is 5.19. The van der Waals surface area contributed by atoms with Gasteiger partial charge in [0, 0.05) is 23.4 Å². The van der Waals surface area contributed by atoms with Gasteiger partial charge in [0.05, 0.1) is 21.6 Å². The standard InChI is InChI=1S/C23H18ClFN8O3/c24-15-3-6-17(32-10-26-30-31-32)20(21(15)25)11-7-13-2-5-18(33(13)19(34)8-11)23(36)27-12-1-4-16-14(9-12)22(35)29-28-16/h1,3-4,6,8-10,13,18H,2,5,7H2,(H,27,36)(H2,28,29,35)/t13?,18-/m0/s1. The Morgan fingerprint density at radius 1 is 1.17 bits per heavy atom. The largest absolute Gasteiger partial charge is 0.324 e. The van der Waals surface area contributed by atoms with Gasteiger partial charge in [-0.15, -0.1) is 5.10 Å². The van der Waals surface area contributed by atoms with Crippen LogP contribution in [0.5, 0.6) is 0 Å². The highest BCUT2D eigenvalue weighted by Crippen LogP contribution is 2.40. The van der Waals surface area contributed by atoms with Gasteiger partial charge in [0.1, 0.15) is 12.4 Å². The summed E-state index contributed by atoms with van der Waals surface area (Å²) in [5.74, 6) is -1.41. The molecular formula is C23H18ClFN8O3. The van der Waals surface area contributed by atoms with Crippen molar-refractivity contribution in [1.82, 2.24) is 35.3 Å². The van der Waals surface area contributed by atoms with Crippen LogP contribution in [-0.2, 0) is 9.59 Å². The third-order valence-electron chi connectivity index (χ3n) is 6.65. The maximum atomic E-state index is 15.2. The number of rotatable bonds is 4. The van der Waals surface area contributed by atoms with E-state index < -0.39 is 17.8 Å². The summed E-state index contributed by atoms with van der Waals surface area (Å²) < 4.78 is 16.5. The van der Waals surface area contributed by atoms with Crippen molar-refractivity contribution in [2.24, 2.45) is 0 Å². The Morgan fingerprint density at radius 2 is 2.03 bits per heavy atom. The molecule has 13 heteroatoms. The summed E-state index contributed by atoms with van der Waals surface area (Å²) in [5, 5.41) is 19.4. The molecule has 2 aliphatic rings. The fourth-order valence-electron chi connectivity index (χ4n) is 5.03. The van der Waals surface area contributed by atoms with Crippen molar-refractivity contribution in [2.75, 3.05) is 5.32 Å². The molecular weight excluding hydrogens is 491 g/mol. The number of nitrogens with zero attached hydrogens (tertiary/aromatic N) is 5. The Bertz CT molecular complexity index is 1610. The van der Waals surface area contributed by atoms with Gasteiger partial charge < -0.3 is 10.2 Å². The maximum absolute atomic E-state index is 15.2. The highest BCUT2D eigenvalue weighted by Gasteiger charge is 2.43. The smallest absolute Gasteiger partial charge is 0.271 e. The van der Waals surface area contributed by atoms with Crippen molar-refractivity contribution >= 4 is 45.6 Å². The van der Waals surface area contributed by atoms with E-state index in [1.54, 1.807) is 29.2 Å². The van der Waals surface area contributed by atoms with Crippen LogP contribution in [0, 0.1) is 5.82 Å². The maximum Gasteiger partial charge on any atom is 0.271 e. The second-order valence-electron chi connectivity index (χ2n) is 8.70. The molecule has 0 saturated carbocycles. The molecule has 1 unspecified atom stereocenters. The number of anilines is 1. The molecule has 11 nitrogen and oxygen atoms in total. The molecule has 1 saturated heterocycles. The van der Waals surface area contributed by atoms with E-state index in [0.717, 1.165) is 0 Å². The van der Waals surface area contributed by atoms with E-state index in [9.17, 15) is 14.4 Å². The first-order valence-corrected chi connectivity index (χ1v) is 11.5. The summed E-state index contributed by atoms with van der Waals surface area (Å²) in [6.45, 7) is 0. The molecule has 2 aromatic carbocycles. The van der Waals surface area contributed by atoms with Gasteiger partial charge in [0.2, 0.25) is 11.8 Å². The summed E-state index contributed by atoms with van der Waals surface area (Å²) in [6, 6.07) is 6.95. The number of benzene rings is 2. The SMILES string of the molecule is O=C(Nc1ccc2[nH][nH]c(=O)c2c1)[C@@H]1CCC2CC(c3c(-n4cnnn4)ccc(Cl)c3F)=CC(=O)N21. The number of carbonyl (C=O) groups excluding carboxylic acids is 2. The van der Waals surface area contributed by atoms with Crippen LogP contribution in [0.1, 0.15) is 24.8 Å². The van der Waals surface area contributed by atoms with Gasteiger partial charge in [0.15, 0.2) is 5.82 Å². The number of amides is 2. The van der Waals surface area contributed by atoms with E-state index in [2.05, 4.69) is 31.0 Å². The first-order valence-electron chi connectivity index (χ1n) is 11.2. The zero-order valence-corrected chi connectivity index (χ0v) is 19.3. The zero-order valence-electron chi connectivity index (χ0n) is 18.5. The van der Waals surface area contributed by atoms with Crippen LogP contribution in [0.15, 0.2) is 47.5 Å². The van der Waals surface area contributed by atoms with Gasteiger partial charge in [-0.3, -0.25) is 24.6 Å². The van der Waals surface area contributed by atoms with E-state index in [0.29, 0.717) is 47.1 Å². The summed E-state index contributed by atoms with van der Waals surface area (Å²) in [5.41, 5.74) is 1.76. The van der Waals surface area contributed by atoms with Crippen LogP contribution in [0.25, 0.3) is 22.2 Å². The molecule has 1 fully saturated rings. The predicted octanol–water partition coefficient (Wildman–Crippen LogP) is 2.41. The number of hydrogen-bond acceptors (Lipinski definition) is 6. The quantitative estimate of drug-likeness (QED) is 0.386. The van der Waals surface area contributed by atoms with Crippen molar-refractivity contribution in [1.29, 1.82) is 0 Å². The Hall–Kier alpha value is -4.32. The first kappa shape index (κ1) is 22.2. The summed E-state index contributed by atoms with van der Waals surface area (Å²) >= 11 is 6.06. The summed E-state index contributed by atoms with van der Waals surface area (Å²) in [4.78, 5) is 39.8. The molecule has 4 heterocycles. The molecule has 0 spiro atoms. The number of tetrazole rings is 1. The molecule has 0 bridgehead atoms. The average Bonchev–Trinajstić information content (AvgIpc) is 3.61. The molecule has 36 heavy (non-hydrogen) atoms. The molecule has 2 aromatic heterocycles. The molecule has 182 valence electrons. The second-order valence-corrected chi connectivity index (χ2v) is 9.11. The van der Waals surface area contributed by atoms with Crippen LogP contribution < -0.4 is 10.9 Å². The van der Waals surface area contributed by atoms with Crippen LogP contribution in [-0.4, -0.2) is 59.2 Å². The van der Waals surface area contributed by atoms with E-state index in [4.69, 9.17) is 11.6 Å². The highest BCUT2D eigenvalue weighted by molar-refractivity contribution is 6.31. The number of halogens is 2. The van der Waals surface area contributed by atoms with Gasteiger partial charge in [-0.05, 0) is 65.6 Å². The molecule has 6 rings (SSSR count). The minimum absolute atomic E-state index is 0.0838. The lowest BCUT2D eigenvalue weighted by atomic mass is 9.92. The molecule has 2 aliphatic heterocycles. The molecule has 0 aliphatic carbocycles. The number of aromatic nitrogens is 6. The van der Waals surface area contributed by atoms with Gasteiger partial charge in [-0.2, -0.15) is 4.68 Å². The molecule has 2 atom stereocenters. The van der Waals surface area contributed by atoms with Crippen molar-refractivity contribution < 1.29 is 14.0 Å². The monoisotopic (exact) mass is 508 g/mol. The number of fused-ring (bicyclic) bond motifs is 2. The first-order chi connectivity index (χ1) is 17.4. The summed E-state index contributed by atoms with van der Waals surface area (Å²) in [7, 11) is 0. The number of aromatic amines is 2. The lowest BCUT2D eigenvalue weighted by molar-refractivity contribution is -0.135. The van der Waals surface area contributed by atoms with E-state index in [1.807, 2.05) is 0 Å². The van der Waals surface area contributed by atoms with E-state index in [1.165, 1.54) is 23.2 Å². The highest BCUT2D eigenvalue weighted by atomic mass is 35.5. The van der Waals surface area contributed by atoms with Gasteiger partial charge in [0.25, 0.3) is 5.56 Å². The summed E-state index contributed by atoms with van der Waals surface area (Å²) in [6.07, 6.45) is 4.04. The Labute approximate surface area is 206 Å². The normalized spacial score (nSPS) is 19.4. The average molecular weight is 509 g/mol. The third kappa shape index (κ3) is 3.57. The van der Waals surface area contributed by atoms with Crippen molar-refractivity contribution in [3.05, 3.63) is 69.5 Å². The van der Waals surface area contributed by atoms with Crippen LogP contribution in [0.2, 0.25) is 5.02 Å². The second kappa shape index (κ2) is 8.41. The van der Waals surface area contributed by atoms with Gasteiger partial charge >= 0.3 is 0 Å². The lowest BCUT2D eigenvalue weighted by Gasteiger charge is -2.33. The molecule has 4 aromatic rings. The number of carbonyl (C=O) groups is 2.